The van der Waals surface area contributed by atoms with Crippen molar-refractivity contribution < 1.29 is 0 Å². The molecule has 6 heteroatoms. The van der Waals surface area contributed by atoms with Crippen molar-refractivity contribution in [3.05, 3.63) is 146 Å². The first-order valence-electron chi connectivity index (χ1n) is 17.0. The molecule has 0 saturated carbocycles. The molecule has 4 nitrogen and oxygen atoms in total. The summed E-state index contributed by atoms with van der Waals surface area (Å²) in [5, 5.41) is 8.55. The van der Waals surface area contributed by atoms with Gasteiger partial charge in [0.1, 0.15) is 10.3 Å². The van der Waals surface area contributed by atoms with E-state index in [9.17, 15) is 0 Å². The number of hydrogen-bond donors (Lipinski definition) is 0. The van der Waals surface area contributed by atoms with Crippen LogP contribution in [0.5, 0.6) is 0 Å². The number of benzene rings is 7. The number of thiophene rings is 2. The third-order valence-corrected chi connectivity index (χ3v) is 12.6. The minimum atomic E-state index is 0.911. The molecular formula is C45H24N4S2. The third-order valence-electron chi connectivity index (χ3n) is 10.4. The van der Waals surface area contributed by atoms with Crippen LogP contribution >= 0.6 is 22.7 Å². The van der Waals surface area contributed by atoms with E-state index >= 15 is 0 Å². The van der Waals surface area contributed by atoms with E-state index in [1.165, 1.54) is 46.4 Å². The van der Waals surface area contributed by atoms with E-state index in [0.29, 0.717) is 0 Å². The average Bonchev–Trinajstić information content (AvgIpc) is 3.87. The predicted octanol–water partition coefficient (Wildman–Crippen LogP) is 12.8. The van der Waals surface area contributed by atoms with Crippen molar-refractivity contribution in [1.29, 1.82) is 0 Å². The van der Waals surface area contributed by atoms with Crippen LogP contribution < -0.4 is 0 Å². The van der Waals surface area contributed by atoms with Gasteiger partial charge in [-0.1, -0.05) is 109 Å². The monoisotopic (exact) mass is 684 g/mol. The Labute approximate surface area is 298 Å². The van der Waals surface area contributed by atoms with Gasteiger partial charge in [-0.15, -0.1) is 22.7 Å². The first-order valence-corrected chi connectivity index (χ1v) is 18.7. The van der Waals surface area contributed by atoms with Gasteiger partial charge in [0.05, 0.1) is 32.5 Å². The molecule has 0 bridgehead atoms. The number of nitrogens with zero attached hydrogens (tertiary/aromatic N) is 4. The maximum atomic E-state index is 5.42. The Hall–Kier alpha value is -6.21. The van der Waals surface area contributed by atoms with Crippen LogP contribution in [0.4, 0.5) is 0 Å². The van der Waals surface area contributed by atoms with E-state index in [-0.39, 0.29) is 0 Å². The van der Waals surface area contributed by atoms with E-state index in [1.54, 1.807) is 11.3 Å². The van der Waals surface area contributed by atoms with Crippen LogP contribution in [0, 0.1) is 0 Å². The summed E-state index contributed by atoms with van der Waals surface area (Å²) in [6, 6.07) is 52.4. The van der Waals surface area contributed by atoms with Crippen LogP contribution in [0.15, 0.2) is 146 Å². The zero-order valence-corrected chi connectivity index (χ0v) is 28.6. The lowest BCUT2D eigenvalue weighted by Crippen LogP contribution is -1.93. The molecule has 12 aromatic rings. The summed E-state index contributed by atoms with van der Waals surface area (Å²) in [6.07, 6.45) is 0. The molecule has 0 atom stereocenters. The molecule has 0 fully saturated rings. The number of imidazole rings is 1. The average molecular weight is 685 g/mol. The Balaban J connectivity index is 1.10. The largest absolute Gasteiger partial charge is 0.291 e. The summed E-state index contributed by atoms with van der Waals surface area (Å²) in [5.41, 5.74) is 10.4. The van der Waals surface area contributed by atoms with Crippen LogP contribution in [0.3, 0.4) is 0 Å². The number of fused-ring (bicyclic) bond motifs is 14. The first kappa shape index (κ1) is 27.6. The fourth-order valence-electron chi connectivity index (χ4n) is 7.95. The lowest BCUT2D eigenvalue weighted by molar-refractivity contribution is 1.25. The van der Waals surface area contributed by atoms with Crippen molar-refractivity contribution in [2.45, 2.75) is 0 Å². The standard InChI is InChI=1S/C45H24N4S2/c1-2-10-29-23-39-33(22-28(29)9-1)34-24-37(49-36-21-20-25-8-3-4-11-31(25)41(36)47-44(49)43(34)50-39)27-18-16-26(17-19-27)30-13-7-14-35-40(30)48-45-42(46-35)32-12-5-6-15-38(32)51-45/h1-24H. The minimum absolute atomic E-state index is 0.911. The van der Waals surface area contributed by atoms with Gasteiger partial charge in [-0.2, -0.15) is 0 Å². The van der Waals surface area contributed by atoms with Gasteiger partial charge >= 0.3 is 0 Å². The molecule has 5 heterocycles. The summed E-state index contributed by atoms with van der Waals surface area (Å²) >= 11 is 3.54. The highest BCUT2D eigenvalue weighted by Gasteiger charge is 2.20. The fourth-order valence-corrected chi connectivity index (χ4v) is 10.2. The molecular weight excluding hydrogens is 661 g/mol. The Morgan fingerprint density at radius 3 is 2.10 bits per heavy atom. The summed E-state index contributed by atoms with van der Waals surface area (Å²) in [5.74, 6) is 0. The Morgan fingerprint density at radius 1 is 0.451 bits per heavy atom. The number of rotatable bonds is 2. The van der Waals surface area contributed by atoms with E-state index in [0.717, 1.165) is 65.8 Å². The lowest BCUT2D eigenvalue weighted by atomic mass is 10.00. The normalized spacial score (nSPS) is 12.3. The van der Waals surface area contributed by atoms with Crippen LogP contribution in [0.1, 0.15) is 0 Å². The van der Waals surface area contributed by atoms with E-state index < -0.39 is 0 Å². The molecule has 0 unspecified atom stereocenters. The maximum Gasteiger partial charge on any atom is 0.156 e. The van der Waals surface area contributed by atoms with Gasteiger partial charge in [0, 0.05) is 36.5 Å². The highest BCUT2D eigenvalue weighted by atomic mass is 32.1. The molecule has 236 valence electrons. The van der Waals surface area contributed by atoms with Crippen molar-refractivity contribution >= 4 is 113 Å². The molecule has 12 rings (SSSR count). The Morgan fingerprint density at radius 2 is 1.22 bits per heavy atom. The highest BCUT2D eigenvalue weighted by Crippen LogP contribution is 2.43. The van der Waals surface area contributed by atoms with Crippen LogP contribution in [0.2, 0.25) is 0 Å². The summed E-state index contributed by atoms with van der Waals surface area (Å²) in [6.45, 7) is 0. The predicted molar refractivity (Wildman–Crippen MR) is 217 cm³/mol. The van der Waals surface area contributed by atoms with E-state index in [1.807, 2.05) is 11.3 Å². The molecule has 51 heavy (non-hydrogen) atoms. The molecule has 0 aliphatic rings. The molecule has 0 N–H and O–H groups in total. The van der Waals surface area contributed by atoms with Gasteiger partial charge in [-0.3, -0.25) is 4.40 Å². The van der Waals surface area contributed by atoms with Crippen molar-refractivity contribution in [3.63, 3.8) is 0 Å². The Kier molecular flexibility index (Phi) is 5.50. The first-order chi connectivity index (χ1) is 25.2. The van der Waals surface area contributed by atoms with Crippen LogP contribution in [-0.2, 0) is 0 Å². The second-order valence-electron chi connectivity index (χ2n) is 13.2. The van der Waals surface area contributed by atoms with Crippen molar-refractivity contribution in [3.8, 4) is 22.4 Å². The smallest absolute Gasteiger partial charge is 0.156 e. The number of aromatic nitrogens is 4. The third kappa shape index (κ3) is 3.91. The molecule has 7 aromatic carbocycles. The van der Waals surface area contributed by atoms with Gasteiger partial charge in [0.25, 0.3) is 0 Å². The molecule has 0 aliphatic carbocycles. The van der Waals surface area contributed by atoms with Gasteiger partial charge in [-0.25, -0.2) is 15.0 Å². The molecule has 0 saturated heterocycles. The van der Waals surface area contributed by atoms with Crippen molar-refractivity contribution in [2.75, 3.05) is 0 Å². The number of para-hydroxylation sites is 1. The molecule has 0 spiro atoms. The van der Waals surface area contributed by atoms with E-state index in [4.69, 9.17) is 15.0 Å². The summed E-state index contributed by atoms with van der Waals surface area (Å²) < 4.78 is 6.07. The quantitative estimate of drug-likeness (QED) is 0.182. The summed E-state index contributed by atoms with van der Waals surface area (Å²) in [7, 11) is 0. The van der Waals surface area contributed by atoms with Gasteiger partial charge in [-0.05, 0) is 63.7 Å². The number of hydrogen-bond acceptors (Lipinski definition) is 5. The SMILES string of the molecule is c1ccc2cc3c(cc2c1)sc1c3cc(-c2ccc(-c3cccc4nc5c(nc34)sc3ccccc35)cc2)n2c3ccc4ccccc4c3nc12. The number of pyridine rings is 1. The lowest BCUT2D eigenvalue weighted by Gasteiger charge is -2.11. The highest BCUT2D eigenvalue weighted by molar-refractivity contribution is 7.26. The minimum Gasteiger partial charge on any atom is -0.291 e. The van der Waals surface area contributed by atoms with Crippen molar-refractivity contribution in [2.24, 2.45) is 0 Å². The summed E-state index contributed by atoms with van der Waals surface area (Å²) in [4.78, 5) is 16.7. The second-order valence-corrected chi connectivity index (χ2v) is 15.3. The van der Waals surface area contributed by atoms with Crippen LogP contribution in [-0.4, -0.2) is 19.4 Å². The van der Waals surface area contributed by atoms with E-state index in [2.05, 4.69) is 150 Å². The molecule has 5 aromatic heterocycles. The van der Waals surface area contributed by atoms with Crippen molar-refractivity contribution in [1.82, 2.24) is 19.4 Å². The van der Waals surface area contributed by atoms with Gasteiger partial charge < -0.3 is 0 Å². The maximum absolute atomic E-state index is 5.42. The Bertz CT molecular complexity index is 3420. The zero-order chi connectivity index (χ0) is 33.2. The fraction of sp³-hybridized carbons (Fsp3) is 0. The van der Waals surface area contributed by atoms with Gasteiger partial charge in [0.15, 0.2) is 5.65 Å². The topological polar surface area (TPSA) is 43.1 Å². The van der Waals surface area contributed by atoms with Crippen LogP contribution in [0.25, 0.3) is 112 Å². The molecule has 0 amide bonds. The molecule has 0 radical (unpaired) electrons. The second kappa shape index (κ2) is 10.2. The zero-order valence-electron chi connectivity index (χ0n) is 27.0. The van der Waals surface area contributed by atoms with Gasteiger partial charge in [0.2, 0.25) is 0 Å². The molecule has 0 aliphatic heterocycles.